The number of halogens is 1. The van der Waals surface area contributed by atoms with E-state index in [4.69, 9.17) is 11.6 Å². The highest BCUT2D eigenvalue weighted by atomic mass is 35.5. The van der Waals surface area contributed by atoms with E-state index in [1.807, 2.05) is 43.8 Å². The number of rotatable bonds is 11. The molecule has 0 N–H and O–H groups in total. The summed E-state index contributed by atoms with van der Waals surface area (Å²) in [5.41, 5.74) is 0.383. The number of amides is 1. The molecular formula is C21H27ClN4O5S. The third-order valence-corrected chi connectivity index (χ3v) is 6.87. The van der Waals surface area contributed by atoms with Crippen LogP contribution in [0.1, 0.15) is 19.5 Å². The van der Waals surface area contributed by atoms with Crippen LogP contribution in [0, 0.1) is 16.0 Å². The largest absolute Gasteiger partial charge is 0.353 e. The van der Waals surface area contributed by atoms with Crippen LogP contribution in [0.4, 0.5) is 5.69 Å². The van der Waals surface area contributed by atoms with Gasteiger partial charge in [0.2, 0.25) is 15.9 Å². The van der Waals surface area contributed by atoms with Crippen LogP contribution in [-0.2, 0) is 28.4 Å². The predicted molar refractivity (Wildman–Crippen MR) is 123 cm³/mol. The van der Waals surface area contributed by atoms with E-state index >= 15 is 0 Å². The molecule has 0 bridgehead atoms. The van der Waals surface area contributed by atoms with Crippen molar-refractivity contribution >= 4 is 33.2 Å². The molecule has 0 radical (unpaired) electrons. The number of benzene rings is 1. The van der Waals surface area contributed by atoms with Crippen molar-refractivity contribution in [2.75, 3.05) is 19.6 Å². The minimum atomic E-state index is -4.22. The second-order valence-corrected chi connectivity index (χ2v) is 10.1. The molecule has 1 aromatic heterocycles. The van der Waals surface area contributed by atoms with Crippen LogP contribution in [0.2, 0.25) is 5.02 Å². The van der Waals surface area contributed by atoms with Gasteiger partial charge in [-0.15, -0.1) is 6.58 Å². The van der Waals surface area contributed by atoms with Crippen molar-refractivity contribution in [2.24, 2.45) is 13.0 Å². The van der Waals surface area contributed by atoms with Gasteiger partial charge in [-0.1, -0.05) is 31.5 Å². The second kappa shape index (κ2) is 10.8. The van der Waals surface area contributed by atoms with Crippen LogP contribution in [-0.4, -0.2) is 52.7 Å². The Kier molecular flexibility index (Phi) is 8.59. The summed E-state index contributed by atoms with van der Waals surface area (Å²) in [5.74, 6) is -0.212. The zero-order valence-electron chi connectivity index (χ0n) is 18.3. The third-order valence-electron chi connectivity index (χ3n) is 4.74. The van der Waals surface area contributed by atoms with Gasteiger partial charge in [-0.05, 0) is 30.2 Å². The summed E-state index contributed by atoms with van der Waals surface area (Å²) >= 11 is 5.81. The van der Waals surface area contributed by atoms with Crippen molar-refractivity contribution in [1.82, 2.24) is 13.8 Å². The number of hydrogen-bond donors (Lipinski definition) is 0. The van der Waals surface area contributed by atoms with E-state index in [-0.39, 0.29) is 28.3 Å². The number of nitrogens with zero attached hydrogens (tertiary/aromatic N) is 4. The van der Waals surface area contributed by atoms with Gasteiger partial charge in [-0.2, -0.15) is 4.31 Å². The Morgan fingerprint density at radius 3 is 2.56 bits per heavy atom. The minimum Gasteiger partial charge on any atom is -0.353 e. The predicted octanol–water partition coefficient (Wildman–Crippen LogP) is 3.45. The van der Waals surface area contributed by atoms with Crippen molar-refractivity contribution < 1.29 is 18.1 Å². The number of aryl methyl sites for hydroxylation is 1. The molecule has 9 nitrogen and oxygen atoms in total. The number of nitro groups is 1. The number of nitro benzene ring substituents is 1. The average Bonchev–Trinajstić information content (AvgIpc) is 3.11. The Balaban J connectivity index is 2.34. The summed E-state index contributed by atoms with van der Waals surface area (Å²) in [6.45, 7) is 7.72. The standard InChI is InChI=1S/C21H27ClN4O5S/c1-5-10-25(32(30,31)18-8-9-19(22)20(12-18)26(28)29)15-21(27)24(13-16(2)3)14-17-7-6-11-23(17)4/h5-9,11-12,16H,1,10,13-15H2,2-4H3. The van der Waals surface area contributed by atoms with Crippen molar-refractivity contribution in [3.8, 4) is 0 Å². The Bertz CT molecular complexity index is 1100. The van der Waals surface area contributed by atoms with Crippen LogP contribution < -0.4 is 0 Å². The molecule has 0 fully saturated rings. The fourth-order valence-electron chi connectivity index (χ4n) is 3.14. The maximum absolute atomic E-state index is 13.2. The van der Waals surface area contributed by atoms with E-state index in [9.17, 15) is 23.3 Å². The lowest BCUT2D eigenvalue weighted by Crippen LogP contribution is -2.44. The highest BCUT2D eigenvalue weighted by Crippen LogP contribution is 2.28. The van der Waals surface area contributed by atoms with E-state index in [1.54, 1.807) is 4.90 Å². The van der Waals surface area contributed by atoms with Crippen LogP contribution in [0.15, 0.2) is 54.1 Å². The summed E-state index contributed by atoms with van der Waals surface area (Å²) in [5, 5.41) is 11.0. The second-order valence-electron chi connectivity index (χ2n) is 7.74. The van der Waals surface area contributed by atoms with Crippen LogP contribution in [0.3, 0.4) is 0 Å². The Labute approximate surface area is 193 Å². The monoisotopic (exact) mass is 482 g/mol. The summed E-state index contributed by atoms with van der Waals surface area (Å²) in [7, 11) is -2.35. The molecule has 0 aliphatic heterocycles. The lowest BCUT2D eigenvalue weighted by atomic mass is 10.2. The molecule has 0 unspecified atom stereocenters. The first-order valence-electron chi connectivity index (χ1n) is 9.90. The first-order valence-corrected chi connectivity index (χ1v) is 11.7. The van der Waals surface area contributed by atoms with Gasteiger partial charge in [-0.3, -0.25) is 14.9 Å². The highest BCUT2D eigenvalue weighted by molar-refractivity contribution is 7.89. The maximum atomic E-state index is 13.2. The van der Waals surface area contributed by atoms with Crippen LogP contribution in [0.5, 0.6) is 0 Å². The number of aromatic nitrogens is 1. The number of carbonyl (C=O) groups is 1. The van der Waals surface area contributed by atoms with E-state index in [0.29, 0.717) is 13.1 Å². The minimum absolute atomic E-state index is 0.135. The van der Waals surface area contributed by atoms with E-state index in [0.717, 1.165) is 22.1 Å². The summed E-state index contributed by atoms with van der Waals surface area (Å²) < 4.78 is 29.2. The van der Waals surface area contributed by atoms with Gasteiger partial charge in [0.15, 0.2) is 0 Å². The van der Waals surface area contributed by atoms with Crippen molar-refractivity contribution in [1.29, 1.82) is 0 Å². The average molecular weight is 483 g/mol. The molecule has 0 spiro atoms. The molecule has 0 saturated carbocycles. The van der Waals surface area contributed by atoms with Gasteiger partial charge in [0.25, 0.3) is 5.69 Å². The van der Waals surface area contributed by atoms with E-state index < -0.39 is 27.2 Å². The Hall–Kier alpha value is -2.69. The lowest BCUT2D eigenvalue weighted by molar-refractivity contribution is -0.384. The normalized spacial score (nSPS) is 11.7. The molecule has 0 aliphatic rings. The molecule has 1 heterocycles. The number of sulfonamides is 1. The highest BCUT2D eigenvalue weighted by Gasteiger charge is 2.30. The van der Waals surface area contributed by atoms with Gasteiger partial charge < -0.3 is 9.47 Å². The SMILES string of the molecule is C=CCN(CC(=O)N(Cc1cccn1C)CC(C)C)S(=O)(=O)c1ccc(Cl)c([N+](=O)[O-])c1. The molecule has 0 saturated heterocycles. The molecule has 174 valence electrons. The van der Waals surface area contributed by atoms with Gasteiger partial charge in [0.1, 0.15) is 5.02 Å². The van der Waals surface area contributed by atoms with E-state index in [1.165, 1.54) is 12.1 Å². The Morgan fingerprint density at radius 2 is 2.03 bits per heavy atom. The molecule has 2 aromatic rings. The molecule has 1 aromatic carbocycles. The summed E-state index contributed by atoms with van der Waals surface area (Å²) in [6, 6.07) is 7.00. The van der Waals surface area contributed by atoms with Crippen molar-refractivity contribution in [2.45, 2.75) is 25.3 Å². The summed E-state index contributed by atoms with van der Waals surface area (Å²) in [6.07, 6.45) is 3.23. The van der Waals surface area contributed by atoms with E-state index in [2.05, 4.69) is 6.58 Å². The molecule has 1 amide bonds. The van der Waals surface area contributed by atoms with Crippen molar-refractivity contribution in [3.63, 3.8) is 0 Å². The molecule has 11 heteroatoms. The topological polar surface area (TPSA) is 106 Å². The van der Waals surface area contributed by atoms with Crippen LogP contribution in [0.25, 0.3) is 0 Å². The first-order chi connectivity index (χ1) is 15.0. The van der Waals surface area contributed by atoms with Gasteiger partial charge in [-0.25, -0.2) is 8.42 Å². The molecule has 0 aliphatic carbocycles. The van der Waals surface area contributed by atoms with Gasteiger partial charge in [0.05, 0.1) is 22.9 Å². The zero-order valence-corrected chi connectivity index (χ0v) is 19.8. The smallest absolute Gasteiger partial charge is 0.289 e. The van der Waals surface area contributed by atoms with Gasteiger partial charge in [0, 0.05) is 38.1 Å². The third kappa shape index (κ3) is 6.18. The first kappa shape index (κ1) is 25.6. The lowest BCUT2D eigenvalue weighted by Gasteiger charge is -2.28. The molecular weight excluding hydrogens is 456 g/mol. The van der Waals surface area contributed by atoms with Crippen LogP contribution >= 0.6 is 11.6 Å². The quantitative estimate of drug-likeness (QED) is 0.277. The number of hydrogen-bond acceptors (Lipinski definition) is 5. The summed E-state index contributed by atoms with van der Waals surface area (Å²) in [4.78, 5) is 24.9. The Morgan fingerprint density at radius 1 is 1.34 bits per heavy atom. The van der Waals surface area contributed by atoms with Gasteiger partial charge >= 0.3 is 0 Å². The maximum Gasteiger partial charge on any atom is 0.289 e. The molecule has 32 heavy (non-hydrogen) atoms. The zero-order chi connectivity index (χ0) is 24.1. The fraction of sp³-hybridized carbons (Fsp3) is 0.381. The fourth-order valence-corrected chi connectivity index (χ4v) is 4.70. The molecule has 0 atom stereocenters. The van der Waals surface area contributed by atoms with Crippen molar-refractivity contribution in [3.05, 3.63) is 70.0 Å². The number of carbonyl (C=O) groups excluding carboxylic acids is 1. The molecule has 2 rings (SSSR count).